The molecule has 0 radical (unpaired) electrons. The average Bonchev–Trinajstić information content (AvgIpc) is 3.46. The van der Waals surface area contributed by atoms with Gasteiger partial charge in [0.1, 0.15) is 11.6 Å². The molecule has 9 nitrogen and oxygen atoms in total. The van der Waals surface area contributed by atoms with Gasteiger partial charge < -0.3 is 19.9 Å². The Kier molecular flexibility index (Phi) is 10.4. The lowest BCUT2D eigenvalue weighted by atomic mass is 9.81. The Morgan fingerprint density at radius 1 is 1.00 bits per heavy atom. The summed E-state index contributed by atoms with van der Waals surface area (Å²) in [6, 6.07) is 30.5. The Bertz CT molecular complexity index is 1660. The minimum Gasteiger partial charge on any atom is -0.494 e. The van der Waals surface area contributed by atoms with Crippen LogP contribution in [-0.2, 0) is 28.9 Å². The van der Waals surface area contributed by atoms with Gasteiger partial charge in [-0.25, -0.2) is 9.38 Å². The topological polar surface area (TPSA) is 129 Å². The maximum absolute atomic E-state index is 14.4. The fourth-order valence-corrected chi connectivity index (χ4v) is 5.32. The van der Waals surface area contributed by atoms with Gasteiger partial charge in [0.25, 0.3) is 5.91 Å². The molecule has 0 spiro atoms. The predicted octanol–water partition coefficient (Wildman–Crippen LogP) is 6.26. The minimum absolute atomic E-state index is 0.0453. The van der Waals surface area contributed by atoms with Gasteiger partial charge in [-0.05, 0) is 70.6 Å². The second-order valence-electron chi connectivity index (χ2n) is 10.7. The van der Waals surface area contributed by atoms with Crippen molar-refractivity contribution in [3.05, 3.63) is 147 Å². The molecule has 2 N–H and O–H groups in total. The Labute approximate surface area is 261 Å². The fraction of sp³-hybridized carbons (Fsp3) is 0.257. The molecular formula is C35H34FN5O4. The molecule has 10 heteroatoms. The number of nitrogens with zero attached hydrogens (tertiary/aromatic N) is 4. The van der Waals surface area contributed by atoms with Crippen molar-refractivity contribution in [3.8, 4) is 5.75 Å². The summed E-state index contributed by atoms with van der Waals surface area (Å²) in [7, 11) is 0. The quantitative estimate of drug-likeness (QED) is 0.0759. The van der Waals surface area contributed by atoms with Crippen LogP contribution in [0.2, 0.25) is 0 Å². The van der Waals surface area contributed by atoms with E-state index >= 15 is 0 Å². The number of aliphatic hydroxyl groups excluding tert-OH is 1. The minimum atomic E-state index is -1.41. The Morgan fingerprint density at radius 2 is 1.71 bits per heavy atom. The molecule has 0 unspecified atom stereocenters. The molecule has 2 atom stereocenters. The molecule has 1 heterocycles. The van der Waals surface area contributed by atoms with Gasteiger partial charge in [-0.2, -0.15) is 0 Å². The number of hydrogen-bond acceptors (Lipinski definition) is 6. The van der Waals surface area contributed by atoms with Crippen LogP contribution in [0.15, 0.2) is 113 Å². The predicted molar refractivity (Wildman–Crippen MR) is 169 cm³/mol. The van der Waals surface area contributed by atoms with E-state index in [1.165, 1.54) is 12.1 Å². The summed E-state index contributed by atoms with van der Waals surface area (Å²) in [4.78, 5) is 22.4. The number of carbonyl (C=O) groups excluding carboxylic acids is 1. The van der Waals surface area contributed by atoms with Crippen LogP contribution in [-0.4, -0.2) is 42.2 Å². The molecule has 0 aromatic heterocycles. The second kappa shape index (κ2) is 15.0. The van der Waals surface area contributed by atoms with E-state index in [9.17, 15) is 9.18 Å². The van der Waals surface area contributed by atoms with Gasteiger partial charge in [-0.3, -0.25) is 4.79 Å². The highest BCUT2D eigenvalue weighted by Gasteiger charge is 2.53. The summed E-state index contributed by atoms with van der Waals surface area (Å²) >= 11 is 0. The van der Waals surface area contributed by atoms with Crippen LogP contribution in [0.3, 0.4) is 0 Å². The van der Waals surface area contributed by atoms with E-state index in [1.807, 2.05) is 66.7 Å². The molecule has 1 aliphatic rings. The van der Waals surface area contributed by atoms with E-state index in [-0.39, 0.29) is 31.3 Å². The standard InChI is InChI=1S/C35H34FN5O4/c36-30-15-11-25(12-16-30)19-20-38-34(43)35(23-28-9-4-5-10-29(28)24-39-41-37)32(26-7-2-1-3-8-26)45-33(40-35)27-13-17-31(18-14-27)44-22-6-21-42/h1-5,7-18,32,42H,6,19-24H2,(H,38,43)/t32-,35-/m1/s1. The molecule has 4 aromatic rings. The number of halogens is 1. The van der Waals surface area contributed by atoms with Crippen LogP contribution < -0.4 is 10.1 Å². The van der Waals surface area contributed by atoms with E-state index in [0.717, 1.165) is 22.3 Å². The van der Waals surface area contributed by atoms with E-state index in [4.69, 9.17) is 25.1 Å². The van der Waals surface area contributed by atoms with Crippen molar-refractivity contribution >= 4 is 11.8 Å². The lowest BCUT2D eigenvalue weighted by molar-refractivity contribution is -0.128. The molecule has 4 aromatic carbocycles. The van der Waals surface area contributed by atoms with Crippen LogP contribution in [0.1, 0.15) is 40.3 Å². The molecular weight excluding hydrogens is 573 g/mol. The van der Waals surface area contributed by atoms with Crippen molar-refractivity contribution < 1.29 is 23.8 Å². The normalized spacial score (nSPS) is 17.1. The number of aliphatic hydroxyl groups is 1. The number of hydrogen-bond donors (Lipinski definition) is 2. The van der Waals surface area contributed by atoms with Crippen molar-refractivity contribution in [2.75, 3.05) is 19.8 Å². The van der Waals surface area contributed by atoms with Gasteiger partial charge in [0.2, 0.25) is 5.90 Å². The Morgan fingerprint density at radius 3 is 2.42 bits per heavy atom. The van der Waals surface area contributed by atoms with Gasteiger partial charge in [0.15, 0.2) is 11.6 Å². The van der Waals surface area contributed by atoms with Crippen LogP contribution >= 0.6 is 0 Å². The lowest BCUT2D eigenvalue weighted by Gasteiger charge is -2.31. The molecule has 0 fully saturated rings. The van der Waals surface area contributed by atoms with E-state index in [0.29, 0.717) is 43.2 Å². The van der Waals surface area contributed by atoms with Crippen LogP contribution in [0.4, 0.5) is 4.39 Å². The van der Waals surface area contributed by atoms with Crippen LogP contribution in [0, 0.1) is 5.82 Å². The van der Waals surface area contributed by atoms with Crippen molar-refractivity contribution in [2.45, 2.75) is 37.5 Å². The molecule has 0 bridgehead atoms. The van der Waals surface area contributed by atoms with E-state index in [1.54, 1.807) is 24.3 Å². The van der Waals surface area contributed by atoms with Crippen LogP contribution in [0.25, 0.3) is 10.4 Å². The van der Waals surface area contributed by atoms with Crippen molar-refractivity contribution in [1.29, 1.82) is 0 Å². The van der Waals surface area contributed by atoms with Crippen LogP contribution in [0.5, 0.6) is 5.75 Å². The third kappa shape index (κ3) is 7.67. The number of aliphatic imine (C=N–C) groups is 1. The van der Waals surface area contributed by atoms with E-state index in [2.05, 4.69) is 15.3 Å². The number of rotatable bonds is 14. The maximum Gasteiger partial charge on any atom is 0.252 e. The maximum atomic E-state index is 14.4. The van der Waals surface area contributed by atoms with Gasteiger partial charge in [0, 0.05) is 36.5 Å². The third-order valence-corrected chi connectivity index (χ3v) is 7.63. The number of ether oxygens (including phenoxy) is 2. The largest absolute Gasteiger partial charge is 0.494 e. The Hall–Kier alpha value is -5.18. The molecule has 45 heavy (non-hydrogen) atoms. The van der Waals surface area contributed by atoms with E-state index < -0.39 is 11.6 Å². The molecule has 230 valence electrons. The molecule has 0 aliphatic carbocycles. The SMILES string of the molecule is [N-]=[N+]=NCc1ccccc1C[C@@]1(C(=O)NCCc2ccc(F)cc2)N=C(c2ccc(OCCCO)cc2)O[C@@H]1c1ccccc1. The highest BCUT2D eigenvalue weighted by atomic mass is 19.1. The monoisotopic (exact) mass is 607 g/mol. The van der Waals surface area contributed by atoms with Gasteiger partial charge >= 0.3 is 0 Å². The smallest absolute Gasteiger partial charge is 0.252 e. The summed E-state index contributed by atoms with van der Waals surface area (Å²) in [6.45, 7) is 0.864. The summed E-state index contributed by atoms with van der Waals surface area (Å²) < 4.78 is 25.7. The first-order chi connectivity index (χ1) is 22.0. The fourth-order valence-electron chi connectivity index (χ4n) is 5.32. The number of nitrogens with one attached hydrogen (secondary N) is 1. The van der Waals surface area contributed by atoms with Gasteiger partial charge in [0.05, 0.1) is 13.2 Å². The molecule has 5 rings (SSSR count). The van der Waals surface area contributed by atoms with Crippen molar-refractivity contribution in [2.24, 2.45) is 10.1 Å². The van der Waals surface area contributed by atoms with Crippen molar-refractivity contribution in [3.63, 3.8) is 0 Å². The zero-order chi connectivity index (χ0) is 31.5. The number of benzene rings is 4. The van der Waals surface area contributed by atoms with Crippen molar-refractivity contribution in [1.82, 2.24) is 5.32 Å². The highest BCUT2D eigenvalue weighted by molar-refractivity contribution is 6.01. The zero-order valence-electron chi connectivity index (χ0n) is 24.7. The summed E-state index contributed by atoms with van der Waals surface area (Å²) in [5.41, 5.74) is 11.5. The number of azide groups is 1. The lowest BCUT2D eigenvalue weighted by Crippen LogP contribution is -2.50. The Balaban J connectivity index is 1.53. The molecule has 0 saturated carbocycles. The highest BCUT2D eigenvalue weighted by Crippen LogP contribution is 2.43. The average molecular weight is 608 g/mol. The summed E-state index contributed by atoms with van der Waals surface area (Å²) in [5, 5.41) is 15.9. The van der Waals surface area contributed by atoms with Gasteiger partial charge in [-0.1, -0.05) is 71.8 Å². The van der Waals surface area contributed by atoms with Gasteiger partial charge in [-0.15, -0.1) is 0 Å². The molecule has 0 saturated heterocycles. The first kappa shape index (κ1) is 31.3. The second-order valence-corrected chi connectivity index (χ2v) is 10.7. The number of amides is 1. The third-order valence-electron chi connectivity index (χ3n) is 7.63. The summed E-state index contributed by atoms with van der Waals surface area (Å²) in [6.07, 6.45) is 0.433. The first-order valence-corrected chi connectivity index (χ1v) is 14.8. The number of carbonyl (C=O) groups is 1. The molecule has 1 amide bonds. The molecule has 1 aliphatic heterocycles. The first-order valence-electron chi connectivity index (χ1n) is 14.8. The zero-order valence-corrected chi connectivity index (χ0v) is 24.7. The summed E-state index contributed by atoms with van der Waals surface area (Å²) in [5.74, 6) is 0.312.